The van der Waals surface area contributed by atoms with E-state index in [0.717, 1.165) is 0 Å². The standard InChI is InChI=1S/C22H29BCl2N2O7/c1-12(2)8-13(9-15(28)11-26-20(29)16-10-14(24)6-7-17(16)25)23-27(3,4)18(21(30)32-5)19(33-23)22(31)34-23/h6-7,10,12-13,18-19H,8-9,11H2,1-5H3,(H,26,29)/t13-,18-,19-,23?/m1/s1. The maximum Gasteiger partial charge on any atom is 0.532 e. The molecule has 1 aromatic carbocycles. The first kappa shape index (κ1) is 26.5. The summed E-state index contributed by atoms with van der Waals surface area (Å²) in [4.78, 5) is 50.5. The Balaban J connectivity index is 1.79. The number of benzene rings is 1. The molecule has 12 heteroatoms. The van der Waals surface area contributed by atoms with E-state index in [9.17, 15) is 19.2 Å². The lowest BCUT2D eigenvalue weighted by Crippen LogP contribution is -2.72. The van der Waals surface area contributed by atoms with Crippen LogP contribution in [0.1, 0.15) is 37.0 Å². The van der Waals surface area contributed by atoms with Gasteiger partial charge >= 0.3 is 12.7 Å². The predicted octanol–water partition coefficient (Wildman–Crippen LogP) is 2.61. The lowest BCUT2D eigenvalue weighted by atomic mass is 9.51. The van der Waals surface area contributed by atoms with Crippen molar-refractivity contribution >= 4 is 53.5 Å². The van der Waals surface area contributed by atoms with E-state index in [1.807, 2.05) is 13.8 Å². The van der Waals surface area contributed by atoms with E-state index < -0.39 is 42.5 Å². The topological polar surface area (TPSA) is 108 Å². The Labute approximate surface area is 208 Å². The monoisotopic (exact) mass is 514 g/mol. The van der Waals surface area contributed by atoms with Gasteiger partial charge in [-0.15, -0.1) is 0 Å². The Bertz CT molecular complexity index is 1020. The zero-order valence-electron chi connectivity index (χ0n) is 19.8. The molecule has 3 rings (SSSR count). The molecule has 1 N–H and O–H groups in total. The summed E-state index contributed by atoms with van der Waals surface area (Å²) >= 11 is 12.0. The number of Topliss-reactive ketones (excluding diaryl/α,β-unsaturated/α-hetero) is 1. The van der Waals surface area contributed by atoms with Crippen molar-refractivity contribution in [3.63, 3.8) is 0 Å². The van der Waals surface area contributed by atoms with E-state index in [1.165, 1.54) is 19.2 Å². The third kappa shape index (κ3) is 4.69. The summed E-state index contributed by atoms with van der Waals surface area (Å²) in [6, 6.07) is 3.59. The van der Waals surface area contributed by atoms with Crippen LogP contribution >= 0.6 is 23.2 Å². The zero-order chi connectivity index (χ0) is 25.4. The average Bonchev–Trinajstić information content (AvgIpc) is 3.22. The summed E-state index contributed by atoms with van der Waals surface area (Å²) in [6.45, 7) is 1.32. The minimum atomic E-state index is -2.39. The maximum atomic E-state index is 13.0. The van der Waals surface area contributed by atoms with Crippen LogP contribution in [0, 0.1) is 5.92 Å². The van der Waals surface area contributed by atoms with Crippen LogP contribution in [-0.2, 0) is 28.4 Å². The number of nitrogens with one attached hydrogen (secondary N) is 1. The number of ether oxygens (including phenoxy) is 1. The second-order valence-corrected chi connectivity index (χ2v) is 10.6. The number of ketones is 1. The van der Waals surface area contributed by atoms with Crippen LogP contribution in [0.15, 0.2) is 18.2 Å². The minimum absolute atomic E-state index is 0.0166. The molecule has 2 bridgehead atoms. The molecule has 1 amide bonds. The summed E-state index contributed by atoms with van der Waals surface area (Å²) in [5.41, 5.74) is 0.161. The number of methoxy groups -OCH3 is 1. The molecule has 0 radical (unpaired) electrons. The first-order valence-electron chi connectivity index (χ1n) is 11.1. The van der Waals surface area contributed by atoms with Crippen molar-refractivity contribution in [2.24, 2.45) is 5.92 Å². The molecule has 0 aliphatic carbocycles. The van der Waals surface area contributed by atoms with Crippen LogP contribution in [0.4, 0.5) is 0 Å². The van der Waals surface area contributed by atoms with E-state index in [0.29, 0.717) is 11.4 Å². The van der Waals surface area contributed by atoms with Gasteiger partial charge in [0.15, 0.2) is 12.1 Å². The maximum absolute atomic E-state index is 13.0. The average molecular weight is 515 g/mol. The van der Waals surface area contributed by atoms with Crippen molar-refractivity contribution in [3.8, 4) is 0 Å². The molecule has 0 spiro atoms. The molecule has 0 saturated carbocycles. The first-order valence-corrected chi connectivity index (χ1v) is 11.8. The normalized spacial score (nSPS) is 25.7. The van der Waals surface area contributed by atoms with Gasteiger partial charge < -0.3 is 23.8 Å². The number of amides is 1. The molecule has 0 aromatic heterocycles. The van der Waals surface area contributed by atoms with E-state index in [-0.39, 0.29) is 39.6 Å². The second kappa shape index (κ2) is 9.85. The summed E-state index contributed by atoms with van der Waals surface area (Å²) in [5.74, 6) is -2.37. The highest BCUT2D eigenvalue weighted by Crippen LogP contribution is 2.50. The zero-order valence-corrected chi connectivity index (χ0v) is 21.3. The number of esters is 1. The highest BCUT2D eigenvalue weighted by molar-refractivity contribution is 6.66. The first-order chi connectivity index (χ1) is 15.8. The largest absolute Gasteiger partial charge is 0.613 e. The number of quaternary nitrogens is 1. The van der Waals surface area contributed by atoms with Gasteiger partial charge in [0, 0.05) is 19.1 Å². The van der Waals surface area contributed by atoms with Crippen LogP contribution in [0.5, 0.6) is 0 Å². The highest BCUT2D eigenvalue weighted by atomic mass is 35.5. The number of carbonyl (C=O) groups excluding carboxylic acids is 4. The van der Waals surface area contributed by atoms with Gasteiger partial charge in [0.1, 0.15) is 5.78 Å². The number of nitrogens with zero attached hydrogens (tertiary/aromatic N) is 1. The minimum Gasteiger partial charge on any atom is -0.613 e. The molecule has 2 fully saturated rings. The van der Waals surface area contributed by atoms with Crippen molar-refractivity contribution in [1.29, 1.82) is 0 Å². The summed E-state index contributed by atoms with van der Waals surface area (Å²) in [5, 5.41) is 3.13. The Hall–Kier alpha value is -2.14. The third-order valence-electron chi connectivity index (χ3n) is 6.71. The Morgan fingerprint density at radius 3 is 2.53 bits per heavy atom. The van der Waals surface area contributed by atoms with E-state index in [2.05, 4.69) is 5.32 Å². The molecular formula is C22H29BCl2N2O7. The van der Waals surface area contributed by atoms with Crippen molar-refractivity contribution in [3.05, 3.63) is 33.8 Å². The van der Waals surface area contributed by atoms with Crippen LogP contribution < -0.4 is 5.32 Å². The number of hydrogen-bond acceptors (Lipinski definition) is 7. The van der Waals surface area contributed by atoms with Crippen LogP contribution in [0.25, 0.3) is 0 Å². The van der Waals surface area contributed by atoms with Crippen LogP contribution in [-0.4, -0.2) is 74.6 Å². The molecule has 2 aliphatic heterocycles. The van der Waals surface area contributed by atoms with Gasteiger partial charge in [-0.25, -0.2) is 4.79 Å². The van der Waals surface area contributed by atoms with Crippen molar-refractivity contribution < 1.29 is 37.6 Å². The number of halogens is 2. The molecule has 186 valence electrons. The number of carbonyl (C=O) groups is 4. The Kier molecular flexibility index (Phi) is 7.67. The lowest BCUT2D eigenvalue weighted by Gasteiger charge is -2.53. The van der Waals surface area contributed by atoms with Crippen molar-refractivity contribution in [2.75, 3.05) is 27.7 Å². The van der Waals surface area contributed by atoms with Crippen molar-refractivity contribution in [2.45, 2.75) is 44.7 Å². The Morgan fingerprint density at radius 2 is 1.91 bits per heavy atom. The number of hydrogen-bond donors (Lipinski definition) is 1. The summed E-state index contributed by atoms with van der Waals surface area (Å²) in [6.07, 6.45) is -0.593. The fraction of sp³-hybridized carbons (Fsp3) is 0.545. The number of rotatable bonds is 9. The molecule has 2 aliphatic rings. The molecule has 9 nitrogen and oxygen atoms in total. The van der Waals surface area contributed by atoms with Gasteiger partial charge in [0.25, 0.3) is 11.9 Å². The van der Waals surface area contributed by atoms with Gasteiger partial charge in [0.2, 0.25) is 0 Å². The third-order valence-corrected chi connectivity index (χ3v) is 7.28. The summed E-state index contributed by atoms with van der Waals surface area (Å²) in [7, 11) is 4.74. The highest BCUT2D eigenvalue weighted by Gasteiger charge is 2.73. The van der Waals surface area contributed by atoms with E-state index in [4.69, 9.17) is 37.2 Å². The molecule has 34 heavy (non-hydrogen) atoms. The molecule has 4 atom stereocenters. The molecule has 1 unspecified atom stereocenters. The SMILES string of the molecule is COC(=O)[C@H]1[C@H]2O[B-]([C@@H](CC(=O)CNC(=O)c3cc(Cl)ccc3Cl)CC(C)C)(OC2=O)[N+]1(C)C. The van der Waals surface area contributed by atoms with Gasteiger partial charge in [-0.1, -0.05) is 43.5 Å². The summed E-state index contributed by atoms with van der Waals surface area (Å²) < 4.78 is 16.7. The van der Waals surface area contributed by atoms with Gasteiger partial charge in [-0.3, -0.25) is 14.4 Å². The Morgan fingerprint density at radius 1 is 1.24 bits per heavy atom. The fourth-order valence-electron chi connectivity index (χ4n) is 5.18. The van der Waals surface area contributed by atoms with E-state index in [1.54, 1.807) is 20.2 Å². The molecule has 2 heterocycles. The second-order valence-electron chi connectivity index (χ2n) is 9.76. The smallest absolute Gasteiger partial charge is 0.532 e. The van der Waals surface area contributed by atoms with Crippen LogP contribution in [0.2, 0.25) is 15.9 Å². The van der Waals surface area contributed by atoms with Crippen molar-refractivity contribution in [1.82, 2.24) is 5.32 Å². The quantitative estimate of drug-likeness (QED) is 0.398. The van der Waals surface area contributed by atoms with Crippen LogP contribution in [0.3, 0.4) is 0 Å². The number of fused-ring (bicyclic) bond motifs is 2. The van der Waals surface area contributed by atoms with Gasteiger partial charge in [-0.2, -0.15) is 0 Å². The molecular weight excluding hydrogens is 486 g/mol. The predicted molar refractivity (Wildman–Crippen MR) is 126 cm³/mol. The number of likely N-dealkylation sites (N-methyl/N-ethyl adjacent to an activating group) is 1. The lowest BCUT2D eigenvalue weighted by molar-refractivity contribution is -0.815. The van der Waals surface area contributed by atoms with Gasteiger partial charge in [0.05, 0.1) is 24.2 Å². The van der Waals surface area contributed by atoms with Gasteiger partial charge in [-0.05, 0) is 36.4 Å². The molecule has 1 aromatic rings. The molecule has 2 saturated heterocycles. The fourth-order valence-corrected chi connectivity index (χ4v) is 5.56. The van der Waals surface area contributed by atoms with E-state index >= 15 is 0 Å².